The lowest BCUT2D eigenvalue weighted by Crippen LogP contribution is -2.23. The van der Waals surface area contributed by atoms with E-state index < -0.39 is 0 Å². The van der Waals surface area contributed by atoms with Gasteiger partial charge in [0.05, 0.1) is 0 Å². The topological polar surface area (TPSA) is 17.1 Å². The predicted molar refractivity (Wildman–Crippen MR) is 60.3 cm³/mol. The lowest BCUT2D eigenvalue weighted by molar-refractivity contribution is -0.125. The van der Waals surface area contributed by atoms with Crippen LogP contribution < -0.4 is 0 Å². The fourth-order valence-electron chi connectivity index (χ4n) is 2.42. The van der Waals surface area contributed by atoms with E-state index in [-0.39, 0.29) is 0 Å². The molecular formula is C13H24O. The van der Waals surface area contributed by atoms with E-state index in [1.54, 1.807) is 0 Å². The molecule has 0 aromatic rings. The van der Waals surface area contributed by atoms with Gasteiger partial charge >= 0.3 is 0 Å². The minimum Gasteiger partial charge on any atom is -0.299 e. The second-order valence-electron chi connectivity index (χ2n) is 4.89. The number of ketones is 1. The highest BCUT2D eigenvalue weighted by Gasteiger charge is 2.25. The van der Waals surface area contributed by atoms with Crippen molar-refractivity contribution >= 4 is 5.78 Å². The lowest BCUT2D eigenvalue weighted by Gasteiger charge is -2.25. The number of rotatable bonds is 5. The molecule has 1 heteroatoms. The van der Waals surface area contributed by atoms with Crippen molar-refractivity contribution in [1.29, 1.82) is 0 Å². The molecule has 1 nitrogen and oxygen atoms in total. The van der Waals surface area contributed by atoms with Crippen LogP contribution >= 0.6 is 0 Å². The standard InChI is InChI=1S/C13H24O/c1-3-4-5-6-7-12-10-11(2)8-9-13(12)14/h11-12H,3-10H2,1-2H3. The van der Waals surface area contributed by atoms with E-state index in [0.29, 0.717) is 11.7 Å². The van der Waals surface area contributed by atoms with Crippen LogP contribution in [0.5, 0.6) is 0 Å². The zero-order valence-electron chi connectivity index (χ0n) is 9.72. The molecule has 14 heavy (non-hydrogen) atoms. The number of hydrogen-bond acceptors (Lipinski definition) is 1. The summed E-state index contributed by atoms with van der Waals surface area (Å²) >= 11 is 0. The van der Waals surface area contributed by atoms with Crippen LogP contribution in [0.3, 0.4) is 0 Å². The number of Topliss-reactive ketones (excluding diaryl/α,β-unsaturated/α-hetero) is 1. The Balaban J connectivity index is 2.17. The Morgan fingerprint density at radius 2 is 2.07 bits per heavy atom. The normalized spacial score (nSPS) is 28.0. The summed E-state index contributed by atoms with van der Waals surface area (Å²) in [4.78, 5) is 11.6. The molecule has 0 aliphatic heterocycles. The highest BCUT2D eigenvalue weighted by Crippen LogP contribution is 2.29. The van der Waals surface area contributed by atoms with Crippen molar-refractivity contribution in [2.24, 2.45) is 11.8 Å². The average molecular weight is 196 g/mol. The fraction of sp³-hybridized carbons (Fsp3) is 0.923. The molecule has 2 unspecified atom stereocenters. The smallest absolute Gasteiger partial charge is 0.135 e. The number of carbonyl (C=O) groups is 1. The first-order valence-electron chi connectivity index (χ1n) is 6.26. The predicted octanol–water partition coefficient (Wildman–Crippen LogP) is 3.96. The maximum Gasteiger partial charge on any atom is 0.135 e. The monoisotopic (exact) mass is 196 g/mol. The van der Waals surface area contributed by atoms with E-state index in [0.717, 1.165) is 31.6 Å². The number of carbonyl (C=O) groups excluding carboxylic acids is 1. The Bertz CT molecular complexity index is 174. The average Bonchev–Trinajstić information content (AvgIpc) is 2.18. The third-order valence-corrected chi connectivity index (χ3v) is 3.43. The minimum atomic E-state index is 0.413. The summed E-state index contributed by atoms with van der Waals surface area (Å²) < 4.78 is 0. The van der Waals surface area contributed by atoms with E-state index in [1.807, 2.05) is 0 Å². The first-order chi connectivity index (χ1) is 6.74. The van der Waals surface area contributed by atoms with Gasteiger partial charge in [-0.3, -0.25) is 4.79 Å². The van der Waals surface area contributed by atoms with Gasteiger partial charge in [-0.1, -0.05) is 39.5 Å². The summed E-state index contributed by atoms with van der Waals surface area (Å²) in [6.07, 6.45) is 9.48. The molecule has 0 spiro atoms. The Kier molecular flexibility index (Phi) is 5.21. The van der Waals surface area contributed by atoms with Gasteiger partial charge in [0.1, 0.15) is 5.78 Å². The summed E-state index contributed by atoms with van der Waals surface area (Å²) in [5, 5.41) is 0. The Labute approximate surface area is 88.3 Å². The van der Waals surface area contributed by atoms with Gasteiger partial charge in [-0.2, -0.15) is 0 Å². The van der Waals surface area contributed by atoms with Gasteiger partial charge in [0.2, 0.25) is 0 Å². The highest BCUT2D eigenvalue weighted by atomic mass is 16.1. The Morgan fingerprint density at radius 1 is 1.29 bits per heavy atom. The van der Waals surface area contributed by atoms with Crippen LogP contribution in [-0.2, 0) is 4.79 Å². The van der Waals surface area contributed by atoms with E-state index in [1.165, 1.54) is 25.7 Å². The van der Waals surface area contributed by atoms with E-state index >= 15 is 0 Å². The molecule has 1 aliphatic rings. The second-order valence-corrected chi connectivity index (χ2v) is 4.89. The second kappa shape index (κ2) is 6.21. The molecule has 0 saturated heterocycles. The maximum atomic E-state index is 11.6. The van der Waals surface area contributed by atoms with Crippen molar-refractivity contribution in [3.05, 3.63) is 0 Å². The van der Waals surface area contributed by atoms with Crippen LogP contribution in [0.25, 0.3) is 0 Å². The van der Waals surface area contributed by atoms with Gasteiger partial charge in [-0.05, 0) is 25.2 Å². The largest absolute Gasteiger partial charge is 0.299 e. The summed E-state index contributed by atoms with van der Waals surface area (Å²) in [6, 6.07) is 0. The third-order valence-electron chi connectivity index (χ3n) is 3.43. The van der Waals surface area contributed by atoms with Crippen molar-refractivity contribution in [1.82, 2.24) is 0 Å². The van der Waals surface area contributed by atoms with E-state index in [4.69, 9.17) is 0 Å². The van der Waals surface area contributed by atoms with Gasteiger partial charge in [-0.25, -0.2) is 0 Å². The first-order valence-corrected chi connectivity index (χ1v) is 6.26. The van der Waals surface area contributed by atoms with Gasteiger partial charge < -0.3 is 0 Å². The van der Waals surface area contributed by atoms with E-state index in [2.05, 4.69) is 13.8 Å². The molecule has 2 atom stereocenters. The zero-order chi connectivity index (χ0) is 10.4. The fourth-order valence-corrected chi connectivity index (χ4v) is 2.42. The van der Waals surface area contributed by atoms with Gasteiger partial charge in [0, 0.05) is 12.3 Å². The van der Waals surface area contributed by atoms with Crippen LogP contribution in [0, 0.1) is 11.8 Å². The van der Waals surface area contributed by atoms with Crippen molar-refractivity contribution in [3.63, 3.8) is 0 Å². The molecule has 0 aromatic carbocycles. The van der Waals surface area contributed by atoms with E-state index in [9.17, 15) is 4.79 Å². The first kappa shape index (κ1) is 11.7. The highest BCUT2D eigenvalue weighted by molar-refractivity contribution is 5.81. The molecule has 0 amide bonds. The van der Waals surface area contributed by atoms with Crippen molar-refractivity contribution in [2.45, 2.75) is 65.2 Å². The lowest BCUT2D eigenvalue weighted by atomic mass is 9.79. The summed E-state index contributed by atoms with van der Waals surface area (Å²) in [6.45, 7) is 4.51. The van der Waals surface area contributed by atoms with Crippen LogP contribution in [0.15, 0.2) is 0 Å². The zero-order valence-corrected chi connectivity index (χ0v) is 9.72. The van der Waals surface area contributed by atoms with Crippen molar-refractivity contribution < 1.29 is 4.79 Å². The Hall–Kier alpha value is -0.330. The quantitative estimate of drug-likeness (QED) is 0.608. The summed E-state index contributed by atoms with van der Waals surface area (Å²) in [5.41, 5.74) is 0. The minimum absolute atomic E-state index is 0.413. The van der Waals surface area contributed by atoms with Crippen LogP contribution in [0.4, 0.5) is 0 Å². The molecule has 82 valence electrons. The molecule has 1 saturated carbocycles. The number of unbranched alkanes of at least 4 members (excludes halogenated alkanes) is 3. The molecule has 0 radical (unpaired) electrons. The molecule has 1 fully saturated rings. The van der Waals surface area contributed by atoms with Crippen LogP contribution in [-0.4, -0.2) is 5.78 Å². The van der Waals surface area contributed by atoms with Gasteiger partial charge in [-0.15, -0.1) is 0 Å². The molecular weight excluding hydrogens is 172 g/mol. The molecule has 0 aromatic heterocycles. The van der Waals surface area contributed by atoms with Crippen LogP contribution in [0.1, 0.15) is 65.2 Å². The molecule has 1 rings (SSSR count). The number of hydrogen-bond donors (Lipinski definition) is 0. The SMILES string of the molecule is CCCCCCC1CC(C)CCC1=O. The van der Waals surface area contributed by atoms with Gasteiger partial charge in [0.25, 0.3) is 0 Å². The van der Waals surface area contributed by atoms with Crippen molar-refractivity contribution in [3.8, 4) is 0 Å². The molecule has 0 heterocycles. The Morgan fingerprint density at radius 3 is 2.79 bits per heavy atom. The molecule has 0 N–H and O–H groups in total. The van der Waals surface area contributed by atoms with Crippen LogP contribution in [0.2, 0.25) is 0 Å². The summed E-state index contributed by atoms with van der Waals surface area (Å²) in [7, 11) is 0. The van der Waals surface area contributed by atoms with Crippen molar-refractivity contribution in [2.75, 3.05) is 0 Å². The molecule has 0 bridgehead atoms. The third kappa shape index (κ3) is 3.81. The summed E-state index contributed by atoms with van der Waals surface area (Å²) in [5.74, 6) is 1.74. The maximum absolute atomic E-state index is 11.6. The molecule has 1 aliphatic carbocycles. The van der Waals surface area contributed by atoms with Gasteiger partial charge in [0.15, 0.2) is 0 Å².